The van der Waals surface area contributed by atoms with Gasteiger partial charge >= 0.3 is 0 Å². The van der Waals surface area contributed by atoms with Crippen molar-refractivity contribution in [1.82, 2.24) is 0 Å². The molecule has 0 aliphatic rings. The molecule has 0 saturated heterocycles. The van der Waals surface area contributed by atoms with Gasteiger partial charge in [0.25, 0.3) is 0 Å². The lowest BCUT2D eigenvalue weighted by Crippen LogP contribution is -1.98. The van der Waals surface area contributed by atoms with Crippen LogP contribution >= 0.6 is 0 Å². The van der Waals surface area contributed by atoms with Crippen LogP contribution in [-0.2, 0) is 10.8 Å². The summed E-state index contributed by atoms with van der Waals surface area (Å²) in [4.78, 5) is 0.747. The Morgan fingerprint density at radius 1 is 1.07 bits per heavy atom. The van der Waals surface area contributed by atoms with Gasteiger partial charge < -0.3 is 10.2 Å². The highest BCUT2D eigenvalue weighted by Gasteiger charge is 2.02. The summed E-state index contributed by atoms with van der Waals surface area (Å²) in [5, 5.41) is 17.6. The van der Waals surface area contributed by atoms with E-state index in [-0.39, 0.29) is 12.4 Å². The van der Waals surface area contributed by atoms with Gasteiger partial charge in [-0.3, -0.25) is 4.21 Å². The van der Waals surface area contributed by atoms with E-state index in [1.165, 1.54) is 0 Å². The monoisotopic (exact) mass is 228 g/mol. The van der Waals surface area contributed by atoms with Crippen LogP contribution < -0.4 is 0 Å². The Morgan fingerprint density at radius 3 is 2.33 bits per heavy atom. The van der Waals surface area contributed by atoms with Gasteiger partial charge in [-0.1, -0.05) is 6.42 Å². The highest BCUT2D eigenvalue weighted by atomic mass is 32.2. The highest BCUT2D eigenvalue weighted by molar-refractivity contribution is 7.85. The summed E-state index contributed by atoms with van der Waals surface area (Å²) < 4.78 is 11.7. The Bertz CT molecular complexity index is 308. The van der Waals surface area contributed by atoms with E-state index in [4.69, 9.17) is 10.2 Å². The number of hydrogen-bond donors (Lipinski definition) is 2. The molecule has 0 amide bonds. The minimum Gasteiger partial charge on any atom is -0.508 e. The predicted molar refractivity (Wildman–Crippen MR) is 60.3 cm³/mol. The van der Waals surface area contributed by atoms with Crippen LogP contribution in [0.25, 0.3) is 0 Å². The topological polar surface area (TPSA) is 57.5 Å². The number of aliphatic hydroxyl groups excluding tert-OH is 1. The molecule has 0 aromatic heterocycles. The molecule has 0 saturated carbocycles. The molecule has 4 heteroatoms. The average Bonchev–Trinajstić information content (AvgIpc) is 2.25. The van der Waals surface area contributed by atoms with Gasteiger partial charge in [-0.15, -0.1) is 0 Å². The summed E-state index contributed by atoms with van der Waals surface area (Å²) >= 11 is 0. The summed E-state index contributed by atoms with van der Waals surface area (Å²) in [6, 6.07) is 6.44. The lowest BCUT2D eigenvalue weighted by Gasteiger charge is -2.02. The summed E-state index contributed by atoms with van der Waals surface area (Å²) in [6.07, 6.45) is 2.53. The minimum absolute atomic E-state index is 0.191. The van der Waals surface area contributed by atoms with Crippen LogP contribution in [0.4, 0.5) is 0 Å². The number of aliphatic hydroxyl groups is 1. The van der Waals surface area contributed by atoms with Crippen LogP contribution in [0.3, 0.4) is 0 Å². The van der Waals surface area contributed by atoms with E-state index < -0.39 is 10.8 Å². The first-order chi connectivity index (χ1) is 7.24. The molecule has 0 spiro atoms. The fourth-order valence-corrected chi connectivity index (χ4v) is 2.38. The van der Waals surface area contributed by atoms with Crippen molar-refractivity contribution in [2.24, 2.45) is 0 Å². The standard InChI is InChI=1S/C11H16O3S/c12-8-2-1-3-9-15(14)11-6-4-10(13)5-7-11/h4-7,12-13H,1-3,8-9H2. The molecule has 0 fully saturated rings. The van der Waals surface area contributed by atoms with Gasteiger partial charge in [0.2, 0.25) is 0 Å². The van der Waals surface area contributed by atoms with Crippen molar-refractivity contribution in [2.45, 2.75) is 24.2 Å². The molecular weight excluding hydrogens is 212 g/mol. The molecular formula is C11H16O3S. The molecule has 1 aromatic carbocycles. The zero-order chi connectivity index (χ0) is 11.1. The molecule has 2 N–H and O–H groups in total. The van der Waals surface area contributed by atoms with Crippen molar-refractivity contribution in [3.63, 3.8) is 0 Å². The third-order valence-corrected chi connectivity index (χ3v) is 3.54. The van der Waals surface area contributed by atoms with Gasteiger partial charge in [0, 0.05) is 17.3 Å². The van der Waals surface area contributed by atoms with Crippen molar-refractivity contribution < 1.29 is 14.4 Å². The first kappa shape index (κ1) is 12.2. The van der Waals surface area contributed by atoms with Crippen LogP contribution in [0.1, 0.15) is 19.3 Å². The minimum atomic E-state index is -0.988. The van der Waals surface area contributed by atoms with Crippen LogP contribution in [-0.4, -0.2) is 26.8 Å². The smallest absolute Gasteiger partial charge is 0.115 e. The Labute approximate surface area is 92.2 Å². The van der Waals surface area contributed by atoms with Crippen LogP contribution in [0.5, 0.6) is 5.75 Å². The van der Waals surface area contributed by atoms with Gasteiger partial charge in [0.15, 0.2) is 0 Å². The second kappa shape index (κ2) is 6.58. The molecule has 84 valence electrons. The van der Waals surface area contributed by atoms with Gasteiger partial charge in [-0.2, -0.15) is 0 Å². The van der Waals surface area contributed by atoms with E-state index in [0.29, 0.717) is 5.75 Å². The highest BCUT2D eigenvalue weighted by Crippen LogP contribution is 2.14. The molecule has 0 aliphatic heterocycles. The molecule has 1 atom stereocenters. The van der Waals surface area contributed by atoms with Crippen molar-refractivity contribution in [2.75, 3.05) is 12.4 Å². The Balaban J connectivity index is 2.37. The van der Waals surface area contributed by atoms with Crippen molar-refractivity contribution >= 4 is 10.8 Å². The number of aromatic hydroxyl groups is 1. The third-order valence-electron chi connectivity index (χ3n) is 2.09. The first-order valence-electron chi connectivity index (χ1n) is 5.02. The van der Waals surface area contributed by atoms with E-state index in [0.717, 1.165) is 24.2 Å². The Kier molecular flexibility index (Phi) is 5.36. The largest absolute Gasteiger partial charge is 0.508 e. The summed E-state index contributed by atoms with van der Waals surface area (Å²) in [6.45, 7) is 0.200. The van der Waals surface area contributed by atoms with Crippen molar-refractivity contribution in [3.05, 3.63) is 24.3 Å². The molecule has 3 nitrogen and oxygen atoms in total. The van der Waals surface area contributed by atoms with E-state index in [9.17, 15) is 4.21 Å². The van der Waals surface area contributed by atoms with Crippen LogP contribution in [0.15, 0.2) is 29.2 Å². The first-order valence-corrected chi connectivity index (χ1v) is 6.34. The second-order valence-electron chi connectivity index (χ2n) is 3.33. The molecule has 0 bridgehead atoms. The molecule has 1 rings (SSSR count). The SMILES string of the molecule is O=S(CCCCCO)c1ccc(O)cc1. The molecule has 1 unspecified atom stereocenters. The predicted octanol–water partition coefficient (Wildman–Crippen LogP) is 1.66. The molecule has 0 aliphatic carbocycles. The van der Waals surface area contributed by atoms with Crippen LogP contribution in [0.2, 0.25) is 0 Å². The number of rotatable bonds is 6. The zero-order valence-corrected chi connectivity index (χ0v) is 9.37. The normalized spacial score (nSPS) is 12.6. The molecule has 0 heterocycles. The molecule has 0 radical (unpaired) electrons. The van der Waals surface area contributed by atoms with Crippen molar-refractivity contribution in [3.8, 4) is 5.75 Å². The quantitative estimate of drug-likeness (QED) is 0.728. The van der Waals surface area contributed by atoms with E-state index in [1.807, 2.05) is 0 Å². The molecule has 1 aromatic rings. The Hall–Kier alpha value is -0.870. The van der Waals surface area contributed by atoms with E-state index in [1.54, 1.807) is 24.3 Å². The van der Waals surface area contributed by atoms with E-state index >= 15 is 0 Å². The van der Waals surface area contributed by atoms with Crippen LogP contribution in [0, 0.1) is 0 Å². The number of benzene rings is 1. The second-order valence-corrected chi connectivity index (χ2v) is 4.90. The summed E-state index contributed by atoms with van der Waals surface area (Å²) in [5.74, 6) is 0.807. The summed E-state index contributed by atoms with van der Waals surface area (Å²) in [5.41, 5.74) is 0. The van der Waals surface area contributed by atoms with Gasteiger partial charge in [0.05, 0.1) is 10.8 Å². The molecule has 15 heavy (non-hydrogen) atoms. The van der Waals surface area contributed by atoms with Gasteiger partial charge in [-0.25, -0.2) is 0 Å². The van der Waals surface area contributed by atoms with Crippen molar-refractivity contribution in [1.29, 1.82) is 0 Å². The fraction of sp³-hybridized carbons (Fsp3) is 0.455. The van der Waals surface area contributed by atoms with Gasteiger partial charge in [0.1, 0.15) is 5.75 Å². The maximum absolute atomic E-state index is 11.7. The number of hydrogen-bond acceptors (Lipinski definition) is 3. The number of unbranched alkanes of at least 4 members (excludes halogenated alkanes) is 2. The lowest BCUT2D eigenvalue weighted by molar-refractivity contribution is 0.284. The van der Waals surface area contributed by atoms with E-state index in [2.05, 4.69) is 0 Å². The number of phenols is 1. The maximum Gasteiger partial charge on any atom is 0.115 e. The lowest BCUT2D eigenvalue weighted by atomic mass is 10.3. The average molecular weight is 228 g/mol. The summed E-state index contributed by atoms with van der Waals surface area (Å²) in [7, 11) is -0.988. The maximum atomic E-state index is 11.7. The zero-order valence-electron chi connectivity index (χ0n) is 8.56. The fourth-order valence-electron chi connectivity index (χ4n) is 1.24. The Morgan fingerprint density at radius 2 is 1.73 bits per heavy atom. The number of phenolic OH excluding ortho intramolecular Hbond substituents is 1. The third kappa shape index (κ3) is 4.44. The van der Waals surface area contributed by atoms with Gasteiger partial charge in [-0.05, 0) is 37.1 Å².